The summed E-state index contributed by atoms with van der Waals surface area (Å²) in [6, 6.07) is 4.30. The summed E-state index contributed by atoms with van der Waals surface area (Å²) in [6.45, 7) is 4.66. The summed E-state index contributed by atoms with van der Waals surface area (Å²) in [6.07, 6.45) is 9.26. The molecule has 1 N–H and O–H groups in total. The summed E-state index contributed by atoms with van der Waals surface area (Å²) in [5, 5.41) is 13.8. The minimum atomic E-state index is -0.284. The fraction of sp³-hybridized carbons (Fsp3) is 0.619. The maximum absolute atomic E-state index is 12.9. The molecule has 2 aromatic rings. The number of morpholine rings is 1. The van der Waals surface area contributed by atoms with Crippen molar-refractivity contribution in [2.24, 2.45) is 0 Å². The molecule has 156 valence electrons. The Balaban J connectivity index is 1.37. The number of aryl methyl sites for hydroxylation is 2. The molecule has 2 fully saturated rings. The fourth-order valence-electron chi connectivity index (χ4n) is 4.43. The van der Waals surface area contributed by atoms with Crippen LogP contribution in [0, 0.1) is 6.92 Å². The quantitative estimate of drug-likeness (QED) is 0.781. The molecule has 1 spiro atoms. The van der Waals surface area contributed by atoms with Crippen molar-refractivity contribution in [1.29, 1.82) is 0 Å². The molecule has 1 saturated carbocycles. The van der Waals surface area contributed by atoms with Crippen LogP contribution < -0.4 is 5.32 Å². The van der Waals surface area contributed by atoms with E-state index in [1.807, 2.05) is 24.1 Å². The van der Waals surface area contributed by atoms with E-state index < -0.39 is 0 Å². The van der Waals surface area contributed by atoms with Crippen LogP contribution >= 0.6 is 11.3 Å². The molecule has 2 aliphatic rings. The molecule has 2 atom stereocenters. The van der Waals surface area contributed by atoms with E-state index in [1.54, 1.807) is 17.5 Å². The van der Waals surface area contributed by atoms with E-state index in [1.165, 1.54) is 12.0 Å². The molecule has 7 nitrogen and oxygen atoms in total. The molecule has 1 aliphatic heterocycles. The van der Waals surface area contributed by atoms with Gasteiger partial charge in [0.25, 0.3) is 0 Å². The number of pyridine rings is 1. The predicted molar refractivity (Wildman–Crippen MR) is 112 cm³/mol. The lowest BCUT2D eigenvalue weighted by atomic mass is 9.78. The standard InChI is InChI=1S/C21H29N5O2S/c1-16-24-25-19(29-16)7-8-20(27)26-11-12-28-21(15-26)9-3-2-6-18(21)23-14-17-5-4-10-22-13-17/h4-5,10,13,18,23H,2-3,6-9,11-12,14-15H2,1H3/t18-,21-/m1/s1. The number of carbonyl (C=O) groups excluding carboxylic acids is 1. The van der Waals surface area contributed by atoms with Crippen LogP contribution in [-0.4, -0.2) is 57.3 Å². The van der Waals surface area contributed by atoms with Gasteiger partial charge in [0.15, 0.2) is 0 Å². The van der Waals surface area contributed by atoms with E-state index in [9.17, 15) is 4.79 Å². The van der Waals surface area contributed by atoms with Crippen LogP contribution in [0.4, 0.5) is 0 Å². The van der Waals surface area contributed by atoms with Crippen molar-refractivity contribution >= 4 is 17.2 Å². The Morgan fingerprint density at radius 2 is 2.34 bits per heavy atom. The van der Waals surface area contributed by atoms with Crippen molar-refractivity contribution in [1.82, 2.24) is 25.4 Å². The Kier molecular flexibility index (Phi) is 6.52. The first-order valence-electron chi connectivity index (χ1n) is 10.5. The van der Waals surface area contributed by atoms with Crippen LogP contribution in [-0.2, 0) is 22.5 Å². The molecule has 0 radical (unpaired) electrons. The number of amides is 1. The van der Waals surface area contributed by atoms with Gasteiger partial charge in [0.2, 0.25) is 5.91 Å². The van der Waals surface area contributed by atoms with Crippen molar-refractivity contribution in [3.05, 3.63) is 40.1 Å². The van der Waals surface area contributed by atoms with Crippen LogP contribution in [0.15, 0.2) is 24.5 Å². The average molecular weight is 416 g/mol. The van der Waals surface area contributed by atoms with Crippen LogP contribution in [0.3, 0.4) is 0 Å². The molecule has 29 heavy (non-hydrogen) atoms. The Morgan fingerprint density at radius 1 is 1.41 bits per heavy atom. The topological polar surface area (TPSA) is 80.2 Å². The number of ether oxygens (including phenoxy) is 1. The van der Waals surface area contributed by atoms with Gasteiger partial charge in [0.1, 0.15) is 15.6 Å². The smallest absolute Gasteiger partial charge is 0.223 e. The zero-order valence-electron chi connectivity index (χ0n) is 17.0. The monoisotopic (exact) mass is 415 g/mol. The van der Waals surface area contributed by atoms with Gasteiger partial charge in [-0.05, 0) is 31.4 Å². The first-order chi connectivity index (χ1) is 14.1. The van der Waals surface area contributed by atoms with Gasteiger partial charge >= 0.3 is 0 Å². The highest BCUT2D eigenvalue weighted by Crippen LogP contribution is 2.35. The van der Waals surface area contributed by atoms with E-state index in [0.717, 1.165) is 35.8 Å². The third-order valence-corrected chi connectivity index (χ3v) is 6.83. The third-order valence-electron chi connectivity index (χ3n) is 5.94. The zero-order valence-corrected chi connectivity index (χ0v) is 17.8. The second-order valence-electron chi connectivity index (χ2n) is 7.98. The van der Waals surface area contributed by atoms with Crippen LogP contribution in [0.5, 0.6) is 0 Å². The molecule has 0 unspecified atom stereocenters. The Labute approximate surface area is 175 Å². The van der Waals surface area contributed by atoms with Gasteiger partial charge in [0.05, 0.1) is 13.2 Å². The number of nitrogens with zero attached hydrogens (tertiary/aromatic N) is 4. The van der Waals surface area contributed by atoms with Gasteiger partial charge in [0, 0.05) is 44.4 Å². The zero-order chi connectivity index (χ0) is 20.1. The van der Waals surface area contributed by atoms with Gasteiger partial charge in [-0.1, -0.05) is 18.9 Å². The number of rotatable bonds is 6. The number of carbonyl (C=O) groups is 1. The lowest BCUT2D eigenvalue weighted by Crippen LogP contribution is -2.64. The predicted octanol–water partition coefficient (Wildman–Crippen LogP) is 2.50. The Bertz CT molecular complexity index is 810. The number of hydrogen-bond donors (Lipinski definition) is 1. The van der Waals surface area contributed by atoms with Crippen molar-refractivity contribution in [3.63, 3.8) is 0 Å². The van der Waals surface area contributed by atoms with Crippen LogP contribution in [0.25, 0.3) is 0 Å². The lowest BCUT2D eigenvalue weighted by molar-refractivity contribution is -0.163. The first-order valence-corrected chi connectivity index (χ1v) is 11.3. The van der Waals surface area contributed by atoms with E-state index >= 15 is 0 Å². The van der Waals surface area contributed by atoms with Crippen molar-refractivity contribution in [2.45, 2.75) is 63.6 Å². The molecular weight excluding hydrogens is 386 g/mol. The number of hydrogen-bond acceptors (Lipinski definition) is 7. The summed E-state index contributed by atoms with van der Waals surface area (Å²) < 4.78 is 6.36. The fourth-order valence-corrected chi connectivity index (χ4v) is 5.14. The molecule has 1 aliphatic carbocycles. The first kappa shape index (κ1) is 20.4. The average Bonchev–Trinajstić information content (AvgIpc) is 3.17. The van der Waals surface area contributed by atoms with Crippen LogP contribution in [0.2, 0.25) is 0 Å². The van der Waals surface area contributed by atoms with Gasteiger partial charge in [-0.2, -0.15) is 0 Å². The Hall–Kier alpha value is -1.90. The molecule has 1 saturated heterocycles. The van der Waals surface area contributed by atoms with Gasteiger partial charge in [-0.25, -0.2) is 0 Å². The summed E-state index contributed by atoms with van der Waals surface area (Å²) in [7, 11) is 0. The number of nitrogens with one attached hydrogen (secondary N) is 1. The SMILES string of the molecule is Cc1nnc(CCC(=O)N2CCO[C@]3(CCCC[C@H]3NCc3cccnc3)C2)s1. The Morgan fingerprint density at radius 3 is 3.14 bits per heavy atom. The highest BCUT2D eigenvalue weighted by Gasteiger charge is 2.45. The molecule has 0 aromatic carbocycles. The largest absolute Gasteiger partial charge is 0.370 e. The van der Waals surface area contributed by atoms with E-state index in [4.69, 9.17) is 4.74 Å². The van der Waals surface area contributed by atoms with E-state index in [2.05, 4.69) is 26.6 Å². The molecular formula is C21H29N5O2S. The summed E-state index contributed by atoms with van der Waals surface area (Å²) in [4.78, 5) is 19.1. The molecule has 1 amide bonds. The normalized spacial score (nSPS) is 24.7. The van der Waals surface area contributed by atoms with Crippen molar-refractivity contribution in [3.8, 4) is 0 Å². The molecule has 0 bridgehead atoms. The molecule has 2 aromatic heterocycles. The van der Waals surface area contributed by atoms with Crippen molar-refractivity contribution in [2.75, 3.05) is 19.7 Å². The van der Waals surface area contributed by atoms with Gasteiger partial charge in [-0.3, -0.25) is 9.78 Å². The minimum Gasteiger partial charge on any atom is -0.370 e. The molecule has 3 heterocycles. The minimum absolute atomic E-state index is 0.192. The van der Waals surface area contributed by atoms with Crippen LogP contribution in [0.1, 0.15) is 47.7 Å². The summed E-state index contributed by atoms with van der Waals surface area (Å²) in [5.74, 6) is 0.192. The highest BCUT2D eigenvalue weighted by molar-refractivity contribution is 7.11. The van der Waals surface area contributed by atoms with E-state index in [-0.39, 0.29) is 17.6 Å². The van der Waals surface area contributed by atoms with Gasteiger partial charge in [-0.15, -0.1) is 21.5 Å². The third kappa shape index (κ3) is 4.99. The second kappa shape index (κ2) is 9.28. The summed E-state index contributed by atoms with van der Waals surface area (Å²) in [5.41, 5.74) is 0.887. The number of aromatic nitrogens is 3. The van der Waals surface area contributed by atoms with Crippen molar-refractivity contribution < 1.29 is 9.53 Å². The maximum atomic E-state index is 12.9. The molecule has 8 heteroatoms. The van der Waals surface area contributed by atoms with Gasteiger partial charge < -0.3 is 15.0 Å². The summed E-state index contributed by atoms with van der Waals surface area (Å²) >= 11 is 1.57. The maximum Gasteiger partial charge on any atom is 0.223 e. The highest BCUT2D eigenvalue weighted by atomic mass is 32.1. The molecule has 4 rings (SSSR count). The van der Waals surface area contributed by atoms with E-state index in [0.29, 0.717) is 32.5 Å². The lowest BCUT2D eigenvalue weighted by Gasteiger charge is -2.50. The second-order valence-corrected chi connectivity index (χ2v) is 9.25.